The molecule has 0 aliphatic rings. The molecular formula is C16H27NO2. The van der Waals surface area contributed by atoms with E-state index in [1.54, 1.807) is 7.11 Å². The Morgan fingerprint density at radius 1 is 1.21 bits per heavy atom. The third-order valence-electron chi connectivity index (χ3n) is 3.12. The summed E-state index contributed by atoms with van der Waals surface area (Å²) in [6.07, 6.45) is 2.28. The van der Waals surface area contributed by atoms with E-state index < -0.39 is 0 Å². The Bertz CT molecular complexity index is 341. The van der Waals surface area contributed by atoms with Gasteiger partial charge in [0.2, 0.25) is 0 Å². The van der Waals surface area contributed by atoms with E-state index in [1.165, 1.54) is 11.1 Å². The molecule has 0 saturated heterocycles. The molecule has 3 nitrogen and oxygen atoms in total. The molecular weight excluding hydrogens is 238 g/mol. The highest BCUT2D eigenvalue weighted by molar-refractivity contribution is 5.22. The van der Waals surface area contributed by atoms with Crippen molar-refractivity contribution in [2.45, 2.75) is 32.7 Å². The van der Waals surface area contributed by atoms with Gasteiger partial charge in [0.25, 0.3) is 0 Å². The first-order valence-corrected chi connectivity index (χ1v) is 7.08. The summed E-state index contributed by atoms with van der Waals surface area (Å²) in [6.45, 7) is 7.36. The zero-order chi connectivity index (χ0) is 13.9. The fraction of sp³-hybridized carbons (Fsp3) is 0.625. The first kappa shape index (κ1) is 16.2. The zero-order valence-corrected chi connectivity index (χ0v) is 12.4. The predicted octanol–water partition coefficient (Wildman–Crippen LogP) is 2.57. The summed E-state index contributed by atoms with van der Waals surface area (Å²) >= 11 is 0. The van der Waals surface area contributed by atoms with Crippen LogP contribution in [-0.2, 0) is 15.9 Å². The molecule has 0 amide bonds. The Balaban J connectivity index is 2.06. The van der Waals surface area contributed by atoms with Crippen LogP contribution in [0.2, 0.25) is 0 Å². The molecule has 0 aromatic heterocycles. The largest absolute Gasteiger partial charge is 0.382 e. The predicted molar refractivity (Wildman–Crippen MR) is 79.7 cm³/mol. The number of benzene rings is 1. The minimum atomic E-state index is 0.520. The summed E-state index contributed by atoms with van der Waals surface area (Å²) in [5.74, 6) is 0. The van der Waals surface area contributed by atoms with Gasteiger partial charge in [0, 0.05) is 19.7 Å². The lowest BCUT2D eigenvalue weighted by Crippen LogP contribution is -2.30. The van der Waals surface area contributed by atoms with Gasteiger partial charge in [0.1, 0.15) is 0 Å². The maximum Gasteiger partial charge on any atom is 0.0700 e. The van der Waals surface area contributed by atoms with Gasteiger partial charge in [0.15, 0.2) is 0 Å². The van der Waals surface area contributed by atoms with E-state index in [9.17, 15) is 0 Å². The first-order valence-electron chi connectivity index (χ1n) is 7.08. The maximum atomic E-state index is 5.42. The second-order valence-electron chi connectivity index (χ2n) is 4.99. The van der Waals surface area contributed by atoms with Crippen molar-refractivity contribution in [3.8, 4) is 0 Å². The minimum Gasteiger partial charge on any atom is -0.382 e. The van der Waals surface area contributed by atoms with Crippen molar-refractivity contribution in [1.29, 1.82) is 0 Å². The van der Waals surface area contributed by atoms with Gasteiger partial charge >= 0.3 is 0 Å². The van der Waals surface area contributed by atoms with Crippen molar-refractivity contribution in [3.63, 3.8) is 0 Å². The molecule has 1 rings (SSSR count). The second kappa shape index (κ2) is 9.96. The molecule has 0 aliphatic heterocycles. The Kier molecular flexibility index (Phi) is 8.47. The molecule has 0 bridgehead atoms. The van der Waals surface area contributed by atoms with Gasteiger partial charge in [-0.25, -0.2) is 0 Å². The fourth-order valence-electron chi connectivity index (χ4n) is 1.97. The van der Waals surface area contributed by atoms with Crippen LogP contribution in [0.5, 0.6) is 0 Å². The van der Waals surface area contributed by atoms with Crippen LogP contribution < -0.4 is 5.32 Å². The lowest BCUT2D eigenvalue weighted by atomic mass is 10.0. The molecule has 1 aromatic rings. The van der Waals surface area contributed by atoms with Crippen molar-refractivity contribution in [2.24, 2.45) is 0 Å². The number of hydrogen-bond acceptors (Lipinski definition) is 3. The molecule has 0 aliphatic carbocycles. The summed E-state index contributed by atoms with van der Waals surface area (Å²) in [4.78, 5) is 0. The van der Waals surface area contributed by atoms with Gasteiger partial charge in [-0.1, -0.05) is 29.8 Å². The smallest absolute Gasteiger partial charge is 0.0700 e. The van der Waals surface area contributed by atoms with Gasteiger partial charge in [0.05, 0.1) is 19.8 Å². The highest BCUT2D eigenvalue weighted by atomic mass is 16.5. The average Bonchev–Trinajstić information content (AvgIpc) is 2.40. The van der Waals surface area contributed by atoms with Crippen LogP contribution in [0.15, 0.2) is 24.3 Å². The summed E-state index contributed by atoms with van der Waals surface area (Å²) in [5, 5.41) is 3.48. The lowest BCUT2D eigenvalue weighted by Gasteiger charge is -2.14. The SMILES string of the molecule is COCCOCCNC(C)CCc1cccc(C)c1. The molecule has 1 unspecified atom stereocenters. The van der Waals surface area contributed by atoms with Crippen molar-refractivity contribution in [2.75, 3.05) is 33.5 Å². The van der Waals surface area contributed by atoms with E-state index in [-0.39, 0.29) is 0 Å². The van der Waals surface area contributed by atoms with Crippen LogP contribution >= 0.6 is 0 Å². The van der Waals surface area contributed by atoms with Crippen LogP contribution in [-0.4, -0.2) is 39.5 Å². The summed E-state index contributed by atoms with van der Waals surface area (Å²) < 4.78 is 10.3. The quantitative estimate of drug-likeness (QED) is 0.660. The van der Waals surface area contributed by atoms with E-state index in [4.69, 9.17) is 9.47 Å². The van der Waals surface area contributed by atoms with E-state index in [0.29, 0.717) is 19.3 Å². The molecule has 0 saturated carbocycles. The normalized spacial score (nSPS) is 12.6. The van der Waals surface area contributed by atoms with Crippen LogP contribution in [0.1, 0.15) is 24.5 Å². The first-order chi connectivity index (χ1) is 9.22. The molecule has 0 fully saturated rings. The highest BCUT2D eigenvalue weighted by Crippen LogP contribution is 2.07. The Labute approximate surface area is 117 Å². The number of nitrogens with one attached hydrogen (secondary N) is 1. The van der Waals surface area contributed by atoms with Gasteiger partial charge in [-0.05, 0) is 32.3 Å². The van der Waals surface area contributed by atoms with Crippen LogP contribution in [0, 0.1) is 6.92 Å². The molecule has 19 heavy (non-hydrogen) atoms. The number of hydrogen-bond donors (Lipinski definition) is 1. The Morgan fingerprint density at radius 3 is 2.79 bits per heavy atom. The van der Waals surface area contributed by atoms with Crippen molar-refractivity contribution in [3.05, 3.63) is 35.4 Å². The molecule has 3 heteroatoms. The average molecular weight is 265 g/mol. The molecule has 0 spiro atoms. The number of aryl methyl sites for hydroxylation is 2. The van der Waals surface area contributed by atoms with Crippen LogP contribution in [0.3, 0.4) is 0 Å². The molecule has 1 N–H and O–H groups in total. The second-order valence-corrected chi connectivity index (χ2v) is 4.99. The third kappa shape index (κ3) is 7.98. The molecule has 108 valence electrons. The van der Waals surface area contributed by atoms with E-state index in [2.05, 4.69) is 43.4 Å². The molecule has 1 aromatic carbocycles. The molecule has 0 radical (unpaired) electrons. The van der Waals surface area contributed by atoms with E-state index >= 15 is 0 Å². The van der Waals surface area contributed by atoms with Crippen LogP contribution in [0.4, 0.5) is 0 Å². The number of methoxy groups -OCH3 is 1. The van der Waals surface area contributed by atoms with E-state index in [0.717, 1.165) is 26.0 Å². The lowest BCUT2D eigenvalue weighted by molar-refractivity contribution is 0.0711. The minimum absolute atomic E-state index is 0.520. The van der Waals surface area contributed by atoms with Crippen molar-refractivity contribution in [1.82, 2.24) is 5.32 Å². The van der Waals surface area contributed by atoms with Crippen LogP contribution in [0.25, 0.3) is 0 Å². The molecule has 1 atom stereocenters. The van der Waals surface area contributed by atoms with Crippen molar-refractivity contribution >= 4 is 0 Å². The highest BCUT2D eigenvalue weighted by Gasteiger charge is 2.02. The standard InChI is InChI=1S/C16H27NO2/c1-14-5-4-6-16(13-14)8-7-15(2)17-9-10-19-12-11-18-3/h4-6,13,15,17H,7-12H2,1-3H3. The maximum absolute atomic E-state index is 5.42. The number of ether oxygens (including phenoxy) is 2. The van der Waals surface area contributed by atoms with Gasteiger partial charge in [-0.2, -0.15) is 0 Å². The van der Waals surface area contributed by atoms with E-state index in [1.807, 2.05) is 0 Å². The fourth-order valence-corrected chi connectivity index (χ4v) is 1.97. The number of rotatable bonds is 10. The van der Waals surface area contributed by atoms with Gasteiger partial charge in [-0.15, -0.1) is 0 Å². The zero-order valence-electron chi connectivity index (χ0n) is 12.4. The Hall–Kier alpha value is -0.900. The van der Waals surface area contributed by atoms with Gasteiger partial charge in [-0.3, -0.25) is 0 Å². The summed E-state index contributed by atoms with van der Waals surface area (Å²) in [7, 11) is 1.69. The van der Waals surface area contributed by atoms with Gasteiger partial charge < -0.3 is 14.8 Å². The summed E-state index contributed by atoms with van der Waals surface area (Å²) in [5.41, 5.74) is 2.76. The topological polar surface area (TPSA) is 30.5 Å². The molecule has 0 heterocycles. The monoisotopic (exact) mass is 265 g/mol. The Morgan fingerprint density at radius 2 is 2.05 bits per heavy atom. The van der Waals surface area contributed by atoms with Crippen molar-refractivity contribution < 1.29 is 9.47 Å². The summed E-state index contributed by atoms with van der Waals surface area (Å²) in [6, 6.07) is 9.26. The third-order valence-corrected chi connectivity index (χ3v) is 3.12.